The lowest BCUT2D eigenvalue weighted by atomic mass is 10.0. The number of para-hydroxylation sites is 4. The lowest BCUT2D eigenvalue weighted by Gasteiger charge is -2.35. The van der Waals surface area contributed by atoms with Crippen molar-refractivity contribution in [3.63, 3.8) is 0 Å². The molecule has 0 atom stereocenters. The van der Waals surface area contributed by atoms with Gasteiger partial charge in [-0.1, -0.05) is 170 Å². The van der Waals surface area contributed by atoms with E-state index >= 15 is 0 Å². The van der Waals surface area contributed by atoms with Gasteiger partial charge in [0, 0.05) is 22.3 Å². The van der Waals surface area contributed by atoms with E-state index in [4.69, 9.17) is 38.9 Å². The van der Waals surface area contributed by atoms with E-state index < -0.39 is 5.97 Å². The Balaban J connectivity index is 1.24. The topological polar surface area (TPSA) is 86.4 Å². The van der Waals surface area contributed by atoms with Crippen LogP contribution in [0.2, 0.25) is 0 Å². The number of hydrogen-bond donors (Lipinski definition) is 0. The summed E-state index contributed by atoms with van der Waals surface area (Å²) in [6, 6.07) is 68.8. The minimum atomic E-state index is -2.04. The number of nitrogens with zero attached hydrogens (tertiary/aromatic N) is 4. The summed E-state index contributed by atoms with van der Waals surface area (Å²) in [6.45, 7) is -0.291. The zero-order chi connectivity index (χ0) is 40.1. The molecule has 0 saturated carbocycles. The van der Waals surface area contributed by atoms with Crippen LogP contribution in [-0.2, 0) is 0 Å². The van der Waals surface area contributed by atoms with Gasteiger partial charge in [0.05, 0.1) is 0 Å². The highest BCUT2D eigenvalue weighted by Crippen LogP contribution is 2.47. The Kier molecular flexibility index (Phi) is 9.58. The highest BCUT2D eigenvalue weighted by molar-refractivity contribution is 5.87. The van der Waals surface area contributed by atoms with Crippen molar-refractivity contribution in [3.8, 4) is 67.5 Å². The molecule has 2 heterocycles. The van der Waals surface area contributed by atoms with Crippen LogP contribution >= 0.6 is 0 Å². The normalized spacial score (nSPS) is 15.1. The van der Waals surface area contributed by atoms with Crippen LogP contribution in [0, 0.1) is 0 Å². The van der Waals surface area contributed by atoms with E-state index in [-0.39, 0.29) is 6.61 Å². The van der Waals surface area contributed by atoms with Gasteiger partial charge in [0.2, 0.25) is 6.61 Å². The first-order valence-electron chi connectivity index (χ1n) is 19.5. The fraction of sp³-hybridized carbons (Fsp3) is 0.0385. The van der Waals surface area contributed by atoms with Gasteiger partial charge in [-0.25, -0.2) is 0 Å². The summed E-state index contributed by atoms with van der Waals surface area (Å²) in [6.07, 6.45) is 0. The molecule has 8 aromatic rings. The van der Waals surface area contributed by atoms with Gasteiger partial charge in [-0.05, 0) is 46.5 Å². The minimum Gasteiger partial charge on any atom is -0.479 e. The van der Waals surface area contributed by atoms with Crippen LogP contribution in [0.3, 0.4) is 0 Å². The van der Waals surface area contributed by atoms with Crippen molar-refractivity contribution < 1.29 is 18.9 Å². The summed E-state index contributed by atoms with van der Waals surface area (Å²) >= 11 is 0. The molecule has 0 aliphatic carbocycles. The number of aliphatic imine (C=N–C) groups is 4. The zero-order valence-corrected chi connectivity index (χ0v) is 32.1. The fourth-order valence-corrected chi connectivity index (χ4v) is 7.39. The molecule has 1 spiro atoms. The molecule has 0 fully saturated rings. The van der Waals surface area contributed by atoms with Crippen LogP contribution in [0.5, 0.6) is 23.0 Å². The molecule has 2 aliphatic rings. The van der Waals surface area contributed by atoms with Gasteiger partial charge in [-0.2, -0.15) is 20.0 Å². The molecule has 60 heavy (non-hydrogen) atoms. The largest absolute Gasteiger partial charge is 0.479 e. The molecule has 0 radical (unpaired) electrons. The molecule has 0 aromatic heterocycles. The van der Waals surface area contributed by atoms with Gasteiger partial charge in [0.15, 0.2) is 17.2 Å². The van der Waals surface area contributed by atoms with Crippen molar-refractivity contribution in [1.82, 2.24) is 0 Å². The Labute approximate surface area is 346 Å². The van der Waals surface area contributed by atoms with Gasteiger partial charge < -0.3 is 18.9 Å². The molecule has 8 nitrogen and oxygen atoms in total. The average molecular weight is 779 g/mol. The van der Waals surface area contributed by atoms with Crippen molar-refractivity contribution in [1.29, 1.82) is 0 Å². The lowest BCUT2D eigenvalue weighted by molar-refractivity contribution is -0.265. The first kappa shape index (κ1) is 36.1. The highest BCUT2D eigenvalue weighted by atomic mass is 16.9. The Morgan fingerprint density at radius 1 is 0.317 bits per heavy atom. The Morgan fingerprint density at radius 3 is 0.917 bits per heavy atom. The van der Waals surface area contributed by atoms with Crippen molar-refractivity contribution in [3.05, 3.63) is 194 Å². The molecule has 0 unspecified atom stereocenters. The van der Waals surface area contributed by atoms with E-state index in [0.717, 1.165) is 44.5 Å². The van der Waals surface area contributed by atoms with E-state index in [2.05, 4.69) is 12.0 Å². The van der Waals surface area contributed by atoms with Crippen LogP contribution in [-0.4, -0.2) is 24.6 Å². The second kappa shape index (κ2) is 15.9. The summed E-state index contributed by atoms with van der Waals surface area (Å²) in [5.74, 6) is -0.575. The molecular formula is C52H34N4O4. The number of ether oxygens (including phenoxy) is 4. The molecule has 0 N–H and O–H groups in total. The minimum absolute atomic E-state index is 0.291. The predicted octanol–water partition coefficient (Wildman–Crippen LogP) is 13.5. The predicted molar refractivity (Wildman–Crippen MR) is 236 cm³/mol. The SMILES string of the molecule is C1=Nc2c(cccc2-c2ccccc2)OCC2(Oc3cccc(-c4ccccc4)c3N=1)Oc1cccc(-c3ccccc3)c1N=C=Nc1c(cccc1-c1ccccc1)O2. The fourth-order valence-electron chi connectivity index (χ4n) is 7.39. The molecule has 286 valence electrons. The zero-order valence-electron chi connectivity index (χ0n) is 32.1. The second-order valence-corrected chi connectivity index (χ2v) is 14.0. The van der Waals surface area contributed by atoms with Crippen LogP contribution in [0.4, 0.5) is 22.7 Å². The van der Waals surface area contributed by atoms with E-state index in [9.17, 15) is 0 Å². The van der Waals surface area contributed by atoms with E-state index in [0.29, 0.717) is 45.7 Å². The van der Waals surface area contributed by atoms with Gasteiger partial charge in [0.1, 0.15) is 40.5 Å². The molecule has 0 amide bonds. The monoisotopic (exact) mass is 778 g/mol. The quantitative estimate of drug-likeness (QED) is 0.178. The highest BCUT2D eigenvalue weighted by Gasteiger charge is 2.44. The molecule has 2 aliphatic heterocycles. The molecule has 0 bridgehead atoms. The molecule has 8 heteroatoms. The van der Waals surface area contributed by atoms with E-state index in [1.54, 1.807) is 0 Å². The summed E-state index contributed by atoms with van der Waals surface area (Å²) in [7, 11) is 0. The molecule has 10 rings (SSSR count). The maximum Gasteiger partial charge on any atom is 0.454 e. The van der Waals surface area contributed by atoms with Gasteiger partial charge >= 0.3 is 5.97 Å². The number of rotatable bonds is 4. The standard InChI is InChI=1S/C52H34N4O4/c1-5-17-36(18-6-1)40-25-13-29-44-48(40)53-34-54-49-41(37-19-7-2-8-20-37)26-14-30-45(49)58-52(33-57-44)59-46-31-15-27-42(38-21-9-3-10-22-38)50(46)55-35-56-51-43(28-16-32-47(51)60-52)39-23-11-4-12-24-39/h1-32H,33H2. The third kappa shape index (κ3) is 7.12. The van der Waals surface area contributed by atoms with Crippen LogP contribution in [0.1, 0.15) is 0 Å². The van der Waals surface area contributed by atoms with Crippen LogP contribution in [0.15, 0.2) is 214 Å². The average Bonchev–Trinajstić information content (AvgIpc) is 3.33. The van der Waals surface area contributed by atoms with Gasteiger partial charge in [-0.3, -0.25) is 0 Å². The first-order valence-corrected chi connectivity index (χ1v) is 19.5. The molecule has 0 saturated heterocycles. The molecular weight excluding hydrogens is 745 g/mol. The maximum absolute atomic E-state index is 7.14. The third-order valence-electron chi connectivity index (χ3n) is 10.2. The Hall–Kier alpha value is -8.28. The summed E-state index contributed by atoms with van der Waals surface area (Å²) < 4.78 is 28.2. The maximum atomic E-state index is 7.14. The van der Waals surface area contributed by atoms with Crippen LogP contribution < -0.4 is 18.9 Å². The van der Waals surface area contributed by atoms with Gasteiger partial charge in [0.25, 0.3) is 0 Å². The van der Waals surface area contributed by atoms with E-state index in [1.165, 1.54) is 0 Å². The Bertz CT molecular complexity index is 2880. The summed E-state index contributed by atoms with van der Waals surface area (Å²) in [4.78, 5) is 19.5. The second-order valence-electron chi connectivity index (χ2n) is 14.0. The van der Waals surface area contributed by atoms with Crippen molar-refractivity contribution >= 4 is 34.8 Å². The number of hydrogen-bond acceptors (Lipinski definition) is 8. The lowest BCUT2D eigenvalue weighted by Crippen LogP contribution is -2.53. The molecule has 8 aromatic carbocycles. The summed E-state index contributed by atoms with van der Waals surface area (Å²) in [5.41, 5.74) is 8.85. The third-order valence-corrected chi connectivity index (χ3v) is 10.2. The Morgan fingerprint density at radius 2 is 0.600 bits per heavy atom. The van der Waals surface area contributed by atoms with Crippen molar-refractivity contribution in [2.24, 2.45) is 20.0 Å². The van der Waals surface area contributed by atoms with Crippen molar-refractivity contribution in [2.75, 3.05) is 6.61 Å². The first-order chi connectivity index (χ1) is 29.7. The summed E-state index contributed by atoms with van der Waals surface area (Å²) in [5, 5.41) is 0. The van der Waals surface area contributed by atoms with Gasteiger partial charge in [-0.15, -0.1) is 0 Å². The smallest absolute Gasteiger partial charge is 0.454 e. The van der Waals surface area contributed by atoms with Crippen molar-refractivity contribution in [2.45, 2.75) is 5.97 Å². The number of benzene rings is 8. The number of fused-ring (bicyclic) bond motifs is 4. The van der Waals surface area contributed by atoms with E-state index in [1.807, 2.05) is 194 Å². The van der Waals surface area contributed by atoms with Crippen LogP contribution in [0.25, 0.3) is 44.5 Å².